The smallest absolute Gasteiger partial charge is 0.444 e. The second kappa shape index (κ2) is 45.8. The molecule has 6 aromatic heterocycles. The fraction of sp³-hybridized carbons (Fsp3) is 0.402. The monoisotopic (exact) mass is 2020 g/mol. The molecule has 0 spiro atoms. The number of rotatable bonds is 11. The quantitative estimate of drug-likeness (QED) is 0.0902. The van der Waals surface area contributed by atoms with E-state index in [0.29, 0.717) is 60.4 Å². The summed E-state index contributed by atoms with van der Waals surface area (Å²) in [5.41, 5.74) is 8.85. The first-order valence-electron chi connectivity index (χ1n) is 38.7. The number of carbonyl (C=O) groups is 2. The summed E-state index contributed by atoms with van der Waals surface area (Å²) in [6.07, 6.45) is 10.1. The lowest BCUT2D eigenvalue weighted by atomic mass is 9.77. The maximum atomic E-state index is 13.2. The maximum absolute atomic E-state index is 13.2. The number of anilines is 2. The number of halogens is 7. The van der Waals surface area contributed by atoms with Crippen molar-refractivity contribution in [1.82, 2.24) is 44.1 Å². The van der Waals surface area contributed by atoms with Crippen molar-refractivity contribution in [3.63, 3.8) is 0 Å². The Kier molecular flexibility index (Phi) is 37.9. The molecule has 118 heavy (non-hydrogen) atoms. The third-order valence-electron chi connectivity index (χ3n) is 19.2. The Morgan fingerprint density at radius 2 is 0.898 bits per heavy atom. The van der Waals surface area contributed by atoms with Gasteiger partial charge in [-0.05, 0) is 242 Å². The number of hydrogen-bond donors (Lipinski definition) is 2. The molecule has 4 aliphatic rings. The van der Waals surface area contributed by atoms with Crippen molar-refractivity contribution in [2.75, 3.05) is 75.2 Å². The van der Waals surface area contributed by atoms with E-state index in [1.165, 1.54) is 12.0 Å². The Bertz CT molecular complexity index is 5040. The van der Waals surface area contributed by atoms with Gasteiger partial charge < -0.3 is 71.4 Å². The minimum absolute atomic E-state index is 0. The van der Waals surface area contributed by atoms with Crippen LogP contribution in [0, 0.1) is 27.7 Å². The predicted octanol–water partition coefficient (Wildman–Crippen LogP) is 18.6. The van der Waals surface area contributed by atoms with E-state index in [0.717, 1.165) is 133 Å². The van der Waals surface area contributed by atoms with Crippen LogP contribution in [0.3, 0.4) is 0 Å². The molecule has 14 rings (SSSR count). The lowest BCUT2D eigenvalue weighted by Gasteiger charge is -2.36. The molecule has 2 N–H and O–H groups in total. The Hall–Kier alpha value is -7.65. The molecule has 10 aromatic rings. The summed E-state index contributed by atoms with van der Waals surface area (Å²) in [4.78, 5) is 82.7. The zero-order chi connectivity index (χ0) is 85.4. The highest BCUT2D eigenvalue weighted by atomic mass is 79.9. The Balaban J connectivity index is 0.000000198. The molecule has 4 saturated heterocycles. The number of aryl methyl sites for hydroxylation is 4. The highest BCUT2D eigenvalue weighted by molar-refractivity contribution is 9.11. The van der Waals surface area contributed by atoms with Crippen molar-refractivity contribution >= 4 is 144 Å². The van der Waals surface area contributed by atoms with Crippen molar-refractivity contribution in [3.8, 4) is 11.1 Å². The highest BCUT2D eigenvalue weighted by Crippen LogP contribution is 2.37. The van der Waals surface area contributed by atoms with Gasteiger partial charge in [0.25, 0.3) is 22.2 Å². The summed E-state index contributed by atoms with van der Waals surface area (Å²) in [5, 5.41) is 12.3. The van der Waals surface area contributed by atoms with Gasteiger partial charge in [-0.2, -0.15) is 0 Å². The molecule has 0 atom stereocenters. The van der Waals surface area contributed by atoms with Crippen LogP contribution in [0.1, 0.15) is 134 Å². The summed E-state index contributed by atoms with van der Waals surface area (Å²) >= 11 is 19.8. The van der Waals surface area contributed by atoms with Crippen LogP contribution in [0.5, 0.6) is 0 Å². The largest absolute Gasteiger partial charge is 0.500 e. The number of piperazine rings is 2. The van der Waals surface area contributed by atoms with Gasteiger partial charge in [-0.3, -0.25) is 19.2 Å². The summed E-state index contributed by atoms with van der Waals surface area (Å²) in [6, 6.07) is 47.4. The number of carbonyl (C=O) groups excluding carboxylic acids is 2. The second-order valence-corrected chi connectivity index (χ2v) is 36.3. The first kappa shape index (κ1) is 97.5. The number of alkyl halides is 1. The molecular formula is C87H107BBr6ClN11O12. The first-order chi connectivity index (χ1) is 55.4. The molecule has 0 radical (unpaired) electrons. The van der Waals surface area contributed by atoms with Crippen molar-refractivity contribution in [1.29, 1.82) is 0 Å². The predicted molar refractivity (Wildman–Crippen MR) is 494 cm³/mol. The first-order valence-corrected chi connectivity index (χ1v) is 43.8. The van der Waals surface area contributed by atoms with Gasteiger partial charge >= 0.3 is 19.3 Å². The van der Waals surface area contributed by atoms with E-state index in [1.807, 2.05) is 236 Å². The molecule has 10 heterocycles. The van der Waals surface area contributed by atoms with E-state index < -0.39 is 5.60 Å². The van der Waals surface area contributed by atoms with E-state index >= 15 is 0 Å². The number of nitrogens with zero attached hydrogens (tertiary/aromatic N) is 9. The van der Waals surface area contributed by atoms with Crippen molar-refractivity contribution < 1.29 is 37.4 Å². The molecule has 4 fully saturated rings. The number of ether oxygens (including phenoxy) is 2. The van der Waals surface area contributed by atoms with Gasteiger partial charge in [0, 0.05) is 126 Å². The highest BCUT2D eigenvalue weighted by Gasteiger charge is 2.53. The number of pyridine rings is 4. The zero-order valence-corrected chi connectivity index (χ0v) is 79.7. The van der Waals surface area contributed by atoms with Crippen LogP contribution >= 0.6 is 108 Å². The number of H-pyrrole nitrogens is 1. The van der Waals surface area contributed by atoms with Gasteiger partial charge in [-0.25, -0.2) is 9.59 Å². The molecule has 0 aliphatic carbocycles. The number of hydrogen-bond acceptors (Lipinski definition) is 17. The average Bonchev–Trinajstić information content (AvgIpc) is 1.61. The van der Waals surface area contributed by atoms with Crippen LogP contribution in [-0.2, 0) is 43.7 Å². The summed E-state index contributed by atoms with van der Waals surface area (Å²) in [7, 11) is -0.378. The number of nitrogens with one attached hydrogen (secondary N) is 2. The normalized spacial score (nSPS) is 14.7. The Labute approximate surface area is 748 Å². The Morgan fingerprint density at radius 3 is 1.31 bits per heavy atom. The van der Waals surface area contributed by atoms with Gasteiger partial charge in [0.15, 0.2) is 0 Å². The van der Waals surface area contributed by atoms with Gasteiger partial charge in [0.05, 0.1) is 51.2 Å². The molecule has 2 amide bonds. The van der Waals surface area contributed by atoms with Gasteiger partial charge in [-0.15, -0.1) is 12.4 Å². The Morgan fingerprint density at radius 1 is 0.492 bits per heavy atom. The molecule has 0 unspecified atom stereocenters. The summed E-state index contributed by atoms with van der Waals surface area (Å²) < 4.78 is 42.0. The fourth-order valence-corrected chi connectivity index (χ4v) is 15.6. The molecule has 31 heteroatoms. The SMILES string of the molecule is BrCc1ccccc1.CC(C)(C)OC(=O)N1CCCCC1.CC(C)(C)OC(=O)N1CCN(c2cc(Br)cn(Cc3ccccc3)c2=O)CC1.Cc1noc(C)c1-c1cc(N2CCNCC2)c(=O)n(Cc2ccccc2)c1.Cc1noc(C)c1B1OC(C)(C)C(C)(C)O1.Cl.O=c1[nH]cc(Br)cc1Br.O=c1c(Br)cc(Br)cn1Cc1ccccc1. The molecule has 23 nitrogen and oxygen atoms in total. The van der Waals surface area contributed by atoms with Gasteiger partial charge in [-0.1, -0.05) is 148 Å². The van der Waals surface area contributed by atoms with E-state index in [4.69, 9.17) is 27.8 Å². The third kappa shape index (κ3) is 29.9. The van der Waals surface area contributed by atoms with Crippen LogP contribution < -0.4 is 42.8 Å². The molecule has 4 aromatic carbocycles. The van der Waals surface area contributed by atoms with Crippen LogP contribution in [0.4, 0.5) is 21.0 Å². The molecular weight excluding hydrogens is 1920 g/mol. The lowest BCUT2D eigenvalue weighted by Crippen LogP contribution is -2.51. The van der Waals surface area contributed by atoms with Crippen LogP contribution in [0.15, 0.2) is 221 Å². The van der Waals surface area contributed by atoms with Gasteiger partial charge in [0.1, 0.15) is 34.1 Å². The number of amides is 2. The van der Waals surface area contributed by atoms with Crippen molar-refractivity contribution in [2.45, 2.75) is 164 Å². The van der Waals surface area contributed by atoms with Crippen LogP contribution in [-0.4, -0.2) is 146 Å². The molecule has 4 aliphatic heterocycles. The fourth-order valence-electron chi connectivity index (χ4n) is 12.5. The average molecular weight is 2020 g/mol. The van der Waals surface area contributed by atoms with E-state index in [9.17, 15) is 28.8 Å². The lowest BCUT2D eigenvalue weighted by molar-refractivity contribution is 0.00578. The minimum Gasteiger partial charge on any atom is -0.444 e. The van der Waals surface area contributed by atoms with E-state index in [-0.39, 0.29) is 70.8 Å². The number of aromatic amines is 1. The van der Waals surface area contributed by atoms with E-state index in [2.05, 4.69) is 133 Å². The van der Waals surface area contributed by atoms with Crippen molar-refractivity contribution in [2.24, 2.45) is 0 Å². The number of benzene rings is 4. The maximum Gasteiger partial charge on any atom is 0.500 e. The minimum atomic E-state index is -0.510. The number of likely N-dealkylation sites (tertiary alicyclic amines) is 1. The number of piperidine rings is 1. The standard InChI is InChI=1S/C21H26BrN3O3.C21H24N4O2.C12H9Br2NO.C11H18BNO3.C10H19NO2.C7H7Br.C5H3Br2NO.ClH/c1-21(2,3)28-20(27)24-11-9-23(10-12-24)18-13-17(22)15-25(19(18)26)14-16-7-5-4-6-8-16;1-15-20(16(2)27-23-15)18-12-19(24-10-8-22-9-11-24)21(26)25(14-18)13-17-6-4-3-5-7-17;13-10-6-11(14)12(16)15(8-10)7-9-4-2-1-3-5-9;1-7-9(8(2)14-13-7)12-15-10(3,4)11(5,6)16-12;1-10(2,3)13-9(12)11-7-5-4-6-8-11;8-6-7-4-2-1-3-5-7;6-3-1-4(7)5(9)8-2-3;/h4-8,13,15H,9-12,14H2,1-3H3;3-7,12,14,22H,8-11,13H2,1-2H3;1-6,8H,7H2;1-6H3;4-8H2,1-3H3;1-5H,6H2;1-2H,(H,8,9);1H. The molecule has 0 bridgehead atoms. The topological polar surface area (TPSA) is 247 Å². The summed E-state index contributed by atoms with van der Waals surface area (Å²) in [6.45, 7) is 36.0. The third-order valence-corrected chi connectivity index (χ3v) is 22.3. The molecule has 0 saturated carbocycles. The van der Waals surface area contributed by atoms with Crippen molar-refractivity contribution in [3.05, 3.63) is 279 Å². The van der Waals surface area contributed by atoms with E-state index in [1.54, 1.807) is 48.0 Å². The second-order valence-electron chi connectivity index (χ2n) is 31.3. The van der Waals surface area contributed by atoms with Crippen LogP contribution in [0.25, 0.3) is 11.1 Å². The molecule has 634 valence electrons. The summed E-state index contributed by atoms with van der Waals surface area (Å²) in [5.74, 6) is 1.53. The number of aromatic nitrogens is 6. The zero-order valence-electron chi connectivity index (χ0n) is 69.4. The van der Waals surface area contributed by atoms with Gasteiger partial charge in [0.2, 0.25) is 0 Å². The van der Waals surface area contributed by atoms with Crippen LogP contribution in [0.2, 0.25) is 0 Å².